The predicted molar refractivity (Wildman–Crippen MR) is 76.8 cm³/mol. The van der Waals surface area contributed by atoms with Crippen molar-refractivity contribution >= 4 is 11.8 Å². The molecule has 1 aromatic heterocycles. The summed E-state index contributed by atoms with van der Waals surface area (Å²) in [5.41, 5.74) is 0. The number of rotatable bonds is 9. The van der Waals surface area contributed by atoms with Gasteiger partial charge < -0.3 is 9.84 Å². The molecule has 1 N–H and O–H groups in total. The minimum atomic E-state index is 0.438. The first-order chi connectivity index (χ1) is 8.65. The molecule has 1 unspecified atom stereocenters. The maximum Gasteiger partial charge on any atom is 0.228 e. The monoisotopic (exact) mass is 271 g/mol. The Labute approximate surface area is 114 Å². The molecule has 0 radical (unpaired) electrons. The Morgan fingerprint density at radius 3 is 2.78 bits per heavy atom. The molecule has 18 heavy (non-hydrogen) atoms. The van der Waals surface area contributed by atoms with E-state index in [0.717, 1.165) is 43.3 Å². The zero-order chi connectivity index (χ0) is 13.4. The van der Waals surface area contributed by atoms with Crippen LogP contribution in [-0.4, -0.2) is 29.0 Å². The fraction of sp³-hybridized carbons (Fsp3) is 0.846. The summed E-state index contributed by atoms with van der Waals surface area (Å²) in [6.07, 6.45) is 5.16. The van der Waals surface area contributed by atoms with Gasteiger partial charge in [0, 0.05) is 12.5 Å². The molecule has 0 aliphatic carbocycles. The topological polar surface area (TPSA) is 51.0 Å². The molecule has 0 fully saturated rings. The molecule has 104 valence electrons. The lowest BCUT2D eigenvalue weighted by molar-refractivity contribution is 0.336. The van der Waals surface area contributed by atoms with Crippen LogP contribution in [0.4, 0.5) is 0 Å². The molecule has 0 bridgehead atoms. The summed E-state index contributed by atoms with van der Waals surface area (Å²) >= 11 is 1.71. The molecule has 0 spiro atoms. The van der Waals surface area contributed by atoms with Crippen LogP contribution in [0, 0.1) is 5.92 Å². The van der Waals surface area contributed by atoms with Crippen molar-refractivity contribution in [2.75, 3.05) is 12.8 Å². The normalized spacial score (nSPS) is 13.2. The Morgan fingerprint density at radius 2 is 2.17 bits per heavy atom. The number of hydrogen-bond acceptors (Lipinski definition) is 5. The van der Waals surface area contributed by atoms with Crippen molar-refractivity contribution < 1.29 is 4.52 Å². The third kappa shape index (κ3) is 5.87. The summed E-state index contributed by atoms with van der Waals surface area (Å²) in [6, 6.07) is 0.438. The molecule has 0 amide bonds. The summed E-state index contributed by atoms with van der Waals surface area (Å²) < 4.78 is 5.29. The van der Waals surface area contributed by atoms with Crippen LogP contribution in [0.3, 0.4) is 0 Å². The van der Waals surface area contributed by atoms with Gasteiger partial charge in [0.25, 0.3) is 0 Å². The van der Waals surface area contributed by atoms with E-state index in [1.54, 1.807) is 11.8 Å². The third-order valence-electron chi connectivity index (χ3n) is 2.64. The van der Waals surface area contributed by atoms with E-state index < -0.39 is 0 Å². The van der Waals surface area contributed by atoms with Gasteiger partial charge in [0.2, 0.25) is 5.89 Å². The van der Waals surface area contributed by atoms with Crippen molar-refractivity contribution in [3.05, 3.63) is 11.7 Å². The van der Waals surface area contributed by atoms with Gasteiger partial charge in [-0.2, -0.15) is 16.7 Å². The highest BCUT2D eigenvalue weighted by atomic mass is 32.2. The summed E-state index contributed by atoms with van der Waals surface area (Å²) in [6.45, 7) is 7.72. The average Bonchev–Trinajstić information content (AvgIpc) is 2.73. The second-order valence-electron chi connectivity index (χ2n) is 5.02. The zero-order valence-electron chi connectivity index (χ0n) is 11.9. The van der Waals surface area contributed by atoms with Gasteiger partial charge >= 0.3 is 0 Å². The maximum absolute atomic E-state index is 5.29. The molecule has 1 atom stereocenters. The molecule has 1 aromatic rings. The Hall–Kier alpha value is -0.550. The highest BCUT2D eigenvalue weighted by molar-refractivity contribution is 7.97. The van der Waals surface area contributed by atoms with Gasteiger partial charge in [-0.1, -0.05) is 25.9 Å². The van der Waals surface area contributed by atoms with Crippen molar-refractivity contribution in [3.63, 3.8) is 0 Å². The first kappa shape index (κ1) is 15.5. The zero-order valence-corrected chi connectivity index (χ0v) is 12.7. The Bertz CT molecular complexity index is 328. The van der Waals surface area contributed by atoms with Gasteiger partial charge in [-0.15, -0.1) is 0 Å². The molecule has 1 heterocycles. The van der Waals surface area contributed by atoms with Crippen molar-refractivity contribution in [2.45, 2.75) is 51.8 Å². The van der Waals surface area contributed by atoms with Crippen molar-refractivity contribution in [1.82, 2.24) is 15.5 Å². The Balaban J connectivity index is 2.51. The molecule has 0 aliphatic rings. The number of nitrogens with one attached hydrogen (secondary N) is 1. The van der Waals surface area contributed by atoms with E-state index in [2.05, 4.69) is 36.2 Å². The molecule has 4 nitrogen and oxygen atoms in total. The lowest BCUT2D eigenvalue weighted by atomic mass is 10.0. The lowest BCUT2D eigenvalue weighted by Gasteiger charge is -2.18. The van der Waals surface area contributed by atoms with Crippen LogP contribution in [0.1, 0.15) is 45.3 Å². The molecule has 0 saturated heterocycles. The summed E-state index contributed by atoms with van der Waals surface area (Å²) in [5.74, 6) is 3.05. The second kappa shape index (κ2) is 8.53. The summed E-state index contributed by atoms with van der Waals surface area (Å²) in [7, 11) is 0. The number of thioether (sulfide) groups is 1. The molecular weight excluding hydrogens is 246 g/mol. The van der Waals surface area contributed by atoms with Crippen molar-refractivity contribution in [1.29, 1.82) is 0 Å². The molecule has 0 aromatic carbocycles. The summed E-state index contributed by atoms with van der Waals surface area (Å²) in [4.78, 5) is 4.42. The molecule has 5 heteroatoms. The first-order valence-electron chi connectivity index (χ1n) is 6.69. The number of aromatic nitrogens is 2. The van der Waals surface area contributed by atoms with E-state index in [9.17, 15) is 0 Å². The fourth-order valence-electron chi connectivity index (χ4n) is 1.93. The van der Waals surface area contributed by atoms with Gasteiger partial charge in [0.05, 0.1) is 5.75 Å². The van der Waals surface area contributed by atoms with Crippen LogP contribution in [-0.2, 0) is 12.2 Å². The molecule has 1 rings (SSSR count). The molecule has 0 saturated carbocycles. The fourth-order valence-corrected chi connectivity index (χ4v) is 2.30. The van der Waals surface area contributed by atoms with Gasteiger partial charge in [-0.3, -0.25) is 0 Å². The lowest BCUT2D eigenvalue weighted by Crippen LogP contribution is -2.33. The van der Waals surface area contributed by atoms with Crippen LogP contribution >= 0.6 is 11.8 Å². The van der Waals surface area contributed by atoms with E-state index in [-0.39, 0.29) is 0 Å². The molecular formula is C13H25N3OS. The SMILES string of the molecule is CCCNC(Cc1nc(CSC)no1)CC(C)C. The minimum absolute atomic E-state index is 0.438. The van der Waals surface area contributed by atoms with E-state index >= 15 is 0 Å². The number of hydrogen-bond donors (Lipinski definition) is 1. The van der Waals surface area contributed by atoms with Crippen LogP contribution in [0.2, 0.25) is 0 Å². The standard InChI is InChI=1S/C13H25N3OS/c1-5-6-14-11(7-10(2)3)8-13-15-12(9-18-4)16-17-13/h10-11,14H,5-9H2,1-4H3. The van der Waals surface area contributed by atoms with E-state index in [4.69, 9.17) is 4.52 Å². The van der Waals surface area contributed by atoms with Crippen molar-refractivity contribution in [2.24, 2.45) is 5.92 Å². The van der Waals surface area contributed by atoms with E-state index in [0.29, 0.717) is 12.0 Å². The van der Waals surface area contributed by atoms with Crippen LogP contribution in [0.15, 0.2) is 4.52 Å². The predicted octanol–water partition coefficient (Wildman–Crippen LogP) is 2.89. The quantitative estimate of drug-likeness (QED) is 0.748. The Morgan fingerprint density at radius 1 is 1.39 bits per heavy atom. The Kier molecular flexibility index (Phi) is 7.35. The second-order valence-corrected chi connectivity index (χ2v) is 5.89. The summed E-state index contributed by atoms with van der Waals surface area (Å²) in [5, 5.41) is 7.54. The van der Waals surface area contributed by atoms with E-state index in [1.807, 2.05) is 6.26 Å². The van der Waals surface area contributed by atoms with Crippen molar-refractivity contribution in [3.8, 4) is 0 Å². The van der Waals surface area contributed by atoms with Gasteiger partial charge in [0.1, 0.15) is 0 Å². The minimum Gasteiger partial charge on any atom is -0.339 e. The third-order valence-corrected chi connectivity index (χ3v) is 3.19. The maximum atomic E-state index is 5.29. The molecule has 0 aliphatic heterocycles. The van der Waals surface area contributed by atoms with Gasteiger partial charge in [-0.05, 0) is 31.6 Å². The van der Waals surface area contributed by atoms with Gasteiger partial charge in [-0.25, -0.2) is 0 Å². The smallest absolute Gasteiger partial charge is 0.228 e. The largest absolute Gasteiger partial charge is 0.339 e. The van der Waals surface area contributed by atoms with E-state index in [1.165, 1.54) is 0 Å². The first-order valence-corrected chi connectivity index (χ1v) is 8.08. The average molecular weight is 271 g/mol. The van der Waals surface area contributed by atoms with Crippen LogP contribution in [0.5, 0.6) is 0 Å². The van der Waals surface area contributed by atoms with Crippen LogP contribution < -0.4 is 5.32 Å². The highest BCUT2D eigenvalue weighted by Crippen LogP contribution is 2.11. The number of nitrogens with zero attached hydrogens (tertiary/aromatic N) is 2. The highest BCUT2D eigenvalue weighted by Gasteiger charge is 2.15. The van der Waals surface area contributed by atoms with Crippen LogP contribution in [0.25, 0.3) is 0 Å². The van der Waals surface area contributed by atoms with Gasteiger partial charge in [0.15, 0.2) is 5.82 Å².